The minimum Gasteiger partial charge on any atom is -0.508 e. The van der Waals surface area contributed by atoms with Crippen molar-refractivity contribution in [2.75, 3.05) is 19.1 Å². The molecule has 7 atom stereocenters. The van der Waals surface area contributed by atoms with Gasteiger partial charge in [-0.25, -0.2) is 19.2 Å². The van der Waals surface area contributed by atoms with Gasteiger partial charge in [0.15, 0.2) is 0 Å². The van der Waals surface area contributed by atoms with E-state index in [4.69, 9.17) is 9.47 Å². The average Bonchev–Trinajstić information content (AvgIpc) is 3.92. The van der Waals surface area contributed by atoms with E-state index >= 15 is 0 Å². The van der Waals surface area contributed by atoms with E-state index < -0.39 is 89.6 Å². The second-order valence-corrected chi connectivity index (χ2v) is 17.3. The molecular formula is C47H53N9O13S. The van der Waals surface area contributed by atoms with Gasteiger partial charge in [-0.05, 0) is 66.8 Å². The molecule has 23 heteroatoms. The first-order valence-electron chi connectivity index (χ1n) is 21.9. The van der Waals surface area contributed by atoms with Crippen LogP contribution in [0, 0.1) is 0 Å². The van der Waals surface area contributed by atoms with Crippen molar-refractivity contribution in [2.45, 2.75) is 75.1 Å². The smallest absolute Gasteiger partial charge is 0.413 e. The Morgan fingerprint density at radius 2 is 1.64 bits per heavy atom. The van der Waals surface area contributed by atoms with Crippen LogP contribution in [0.15, 0.2) is 119 Å². The van der Waals surface area contributed by atoms with Crippen molar-refractivity contribution >= 4 is 58.5 Å². The molecule has 0 bridgehead atoms. The van der Waals surface area contributed by atoms with E-state index in [-0.39, 0.29) is 42.9 Å². The van der Waals surface area contributed by atoms with Crippen LogP contribution in [-0.2, 0) is 36.8 Å². The number of likely N-dealkylation sites (N-methyl/N-ethyl adjacent to an activating group) is 1. The highest BCUT2D eigenvalue weighted by molar-refractivity contribution is 7.98. The Balaban J connectivity index is 1.25. The number of aromatic nitrogens is 3. The first-order valence-corrected chi connectivity index (χ1v) is 23.3. The zero-order chi connectivity index (χ0) is 50.5. The fourth-order valence-electron chi connectivity index (χ4n) is 7.59. The third kappa shape index (κ3) is 13.6. The maximum absolute atomic E-state index is 14.5. The number of phenols is 1. The summed E-state index contributed by atoms with van der Waals surface area (Å²) in [5.74, 6) is -3.50. The van der Waals surface area contributed by atoms with E-state index in [1.807, 2.05) is 18.2 Å². The SMILES string of the molecule is CSCCC(NC(=O)NC(Cc1c[nH]c2ccccc12)C(=O)O)C(=O)NC(C(=O)N/C=C1\C[C@H](O)[C@@H](n2ccc(=O)[nH]c2=O)O1)C(C)N(C)C(=O)C(Cc1cccc(O)c1)NC(=O)Oc1ccccc1. The molecule has 370 valence electrons. The summed E-state index contributed by atoms with van der Waals surface area (Å²) >= 11 is 1.35. The molecule has 22 nitrogen and oxygen atoms in total. The van der Waals surface area contributed by atoms with E-state index in [1.54, 1.807) is 48.9 Å². The minimum atomic E-state index is -1.63. The van der Waals surface area contributed by atoms with Gasteiger partial charge in [-0.15, -0.1) is 0 Å². The number of amides is 6. The van der Waals surface area contributed by atoms with Gasteiger partial charge in [-0.1, -0.05) is 48.5 Å². The van der Waals surface area contributed by atoms with Crippen molar-refractivity contribution in [2.24, 2.45) is 0 Å². The Bertz CT molecular complexity index is 2830. The molecule has 2 aromatic heterocycles. The summed E-state index contributed by atoms with van der Waals surface area (Å²) in [6, 6.07) is 14.4. The van der Waals surface area contributed by atoms with Crippen molar-refractivity contribution in [3.8, 4) is 11.5 Å². The molecule has 0 aliphatic carbocycles. The van der Waals surface area contributed by atoms with Crippen LogP contribution in [-0.4, -0.2) is 126 Å². The number of carboxylic acid groups (broad SMARTS) is 1. The van der Waals surface area contributed by atoms with Crippen LogP contribution in [0.2, 0.25) is 0 Å². The number of hydrogen-bond donors (Lipinski definition) is 10. The molecule has 6 rings (SSSR count). The number of aliphatic hydroxyl groups is 1. The number of fused-ring (bicyclic) bond motifs is 1. The number of rotatable bonds is 20. The first-order chi connectivity index (χ1) is 33.5. The predicted octanol–water partition coefficient (Wildman–Crippen LogP) is 1.81. The van der Waals surface area contributed by atoms with Crippen molar-refractivity contribution in [3.63, 3.8) is 0 Å². The number of phenolic OH excluding ortho intramolecular Hbond substituents is 1. The second-order valence-electron chi connectivity index (χ2n) is 16.3. The fraction of sp³-hybridized carbons (Fsp3) is 0.319. The average molecular weight is 984 g/mol. The molecular weight excluding hydrogens is 931 g/mol. The number of thioether (sulfide) groups is 1. The van der Waals surface area contributed by atoms with E-state index in [9.17, 15) is 53.7 Å². The number of ether oxygens (including phenoxy) is 2. The highest BCUT2D eigenvalue weighted by Gasteiger charge is 2.38. The Hall–Kier alpha value is -8.05. The third-order valence-corrected chi connectivity index (χ3v) is 12.0. The van der Waals surface area contributed by atoms with Crippen LogP contribution in [0.3, 0.4) is 0 Å². The molecule has 0 spiro atoms. The van der Waals surface area contributed by atoms with Crippen LogP contribution in [0.5, 0.6) is 11.5 Å². The Labute approximate surface area is 403 Å². The summed E-state index contributed by atoms with van der Waals surface area (Å²) < 4.78 is 12.1. The molecule has 3 aromatic carbocycles. The molecule has 6 amide bonds. The van der Waals surface area contributed by atoms with Crippen molar-refractivity contribution in [1.82, 2.24) is 46.0 Å². The van der Waals surface area contributed by atoms with Gasteiger partial charge in [0, 0.05) is 61.9 Å². The van der Waals surface area contributed by atoms with Crippen LogP contribution in [0.4, 0.5) is 9.59 Å². The number of aromatic amines is 2. The lowest BCUT2D eigenvalue weighted by Gasteiger charge is -2.34. The van der Waals surface area contributed by atoms with Gasteiger partial charge < -0.3 is 61.3 Å². The lowest BCUT2D eigenvalue weighted by Crippen LogP contribution is -2.62. The molecule has 0 saturated carbocycles. The van der Waals surface area contributed by atoms with Gasteiger partial charge in [0.05, 0.1) is 6.04 Å². The molecule has 70 heavy (non-hydrogen) atoms. The number of urea groups is 1. The number of carbonyl (C=O) groups excluding carboxylic acids is 5. The Morgan fingerprint density at radius 3 is 2.36 bits per heavy atom. The standard InChI is InChI=1S/C47H53N9O13S/c1-26(55(2)42(62)35(21-27-10-9-11-29(57)20-27)52-47(67)69-30-12-5-4-6-13-30)39(41(61)49-25-31-23-37(58)43(68-31)56-18-16-38(59)53-46(56)66)54-40(60)34(17-19-70-3)50-45(65)51-36(44(63)64)22-28-24-48-33-15-8-7-14-32(28)33/h4-16,18,20,24-26,34-37,39,43,48,57-58H,17,19,21-23H2,1-3H3,(H,49,61)(H,52,67)(H,54,60)(H,63,64)(H2,50,51,65)(H,53,59,66)/b31-25+/t26?,34?,35?,36?,37-,39?,43-/m0/s1. The lowest BCUT2D eigenvalue weighted by atomic mass is 10.0. The third-order valence-electron chi connectivity index (χ3n) is 11.4. The largest absolute Gasteiger partial charge is 0.508 e. The maximum atomic E-state index is 14.5. The number of carbonyl (C=O) groups is 6. The summed E-state index contributed by atoms with van der Waals surface area (Å²) in [7, 11) is 1.33. The summed E-state index contributed by atoms with van der Waals surface area (Å²) in [6.45, 7) is 1.44. The fourth-order valence-corrected chi connectivity index (χ4v) is 8.06. The second kappa shape index (κ2) is 23.8. The molecule has 0 radical (unpaired) electrons. The molecule has 3 heterocycles. The van der Waals surface area contributed by atoms with Crippen molar-refractivity contribution < 1.29 is 53.6 Å². The molecule has 5 unspecified atom stereocenters. The molecule has 1 saturated heterocycles. The maximum Gasteiger partial charge on any atom is 0.413 e. The number of carboxylic acids is 1. The summed E-state index contributed by atoms with van der Waals surface area (Å²) in [5, 5.41) is 44.5. The first kappa shape index (κ1) is 51.3. The van der Waals surface area contributed by atoms with Crippen molar-refractivity contribution in [1.29, 1.82) is 0 Å². The predicted molar refractivity (Wildman–Crippen MR) is 256 cm³/mol. The van der Waals surface area contributed by atoms with Gasteiger partial charge in [-0.3, -0.25) is 28.7 Å². The molecule has 1 aliphatic rings. The van der Waals surface area contributed by atoms with E-state index in [1.165, 1.54) is 50.0 Å². The minimum absolute atomic E-state index is 0.00442. The quantitative estimate of drug-likeness (QED) is 0.0532. The van der Waals surface area contributed by atoms with Crippen LogP contribution in [0.25, 0.3) is 10.9 Å². The van der Waals surface area contributed by atoms with Gasteiger partial charge in [0.2, 0.25) is 23.9 Å². The number of nitrogens with zero attached hydrogens (tertiary/aromatic N) is 2. The van der Waals surface area contributed by atoms with Gasteiger partial charge >= 0.3 is 23.8 Å². The summed E-state index contributed by atoms with van der Waals surface area (Å²) in [6.07, 6.45) is 1.62. The van der Waals surface area contributed by atoms with Gasteiger partial charge in [0.25, 0.3) is 5.56 Å². The van der Waals surface area contributed by atoms with Crippen molar-refractivity contribution in [3.05, 3.63) is 141 Å². The number of H-pyrrole nitrogens is 2. The number of aliphatic carboxylic acids is 1. The molecule has 1 fully saturated rings. The van der Waals surface area contributed by atoms with Gasteiger partial charge in [-0.2, -0.15) is 11.8 Å². The highest BCUT2D eigenvalue weighted by atomic mass is 32.2. The van der Waals surface area contributed by atoms with Crippen LogP contribution < -0.4 is 42.6 Å². The summed E-state index contributed by atoms with van der Waals surface area (Å²) in [4.78, 5) is 113. The topological polar surface area (TPSA) is 316 Å². The number of hydrogen-bond acceptors (Lipinski definition) is 13. The number of benzene rings is 3. The summed E-state index contributed by atoms with van der Waals surface area (Å²) in [5.41, 5.74) is 0.311. The number of nitrogens with one attached hydrogen (secondary N) is 7. The Kier molecular flexibility index (Phi) is 17.5. The normalized spacial score (nSPS) is 16.9. The monoisotopic (exact) mass is 983 g/mol. The van der Waals surface area contributed by atoms with Crippen LogP contribution >= 0.6 is 11.8 Å². The highest BCUT2D eigenvalue weighted by Crippen LogP contribution is 2.30. The zero-order valence-electron chi connectivity index (χ0n) is 38.1. The number of aliphatic hydroxyl groups excluding tert-OH is 1. The molecule has 1 aliphatic heterocycles. The Morgan fingerprint density at radius 1 is 0.914 bits per heavy atom. The van der Waals surface area contributed by atoms with Gasteiger partial charge in [0.1, 0.15) is 47.5 Å². The van der Waals surface area contributed by atoms with E-state index in [0.29, 0.717) is 16.9 Å². The zero-order valence-corrected chi connectivity index (χ0v) is 38.9. The molecule has 5 aromatic rings. The van der Waals surface area contributed by atoms with Crippen LogP contribution in [0.1, 0.15) is 37.1 Å². The number of aromatic hydroxyl groups is 1. The molecule has 10 N–H and O–H groups in total. The lowest BCUT2D eigenvalue weighted by molar-refractivity contribution is -0.139. The van der Waals surface area contributed by atoms with E-state index in [2.05, 4.69) is 36.6 Å². The van der Waals surface area contributed by atoms with E-state index in [0.717, 1.165) is 38.8 Å². The number of para-hydroxylation sites is 2.